The number of alkyl carbamates (subject to hydrolysis) is 1. The molecule has 4 aliphatic rings. The fraction of sp³-hybridized carbons (Fsp3) is 0.488. The molecular formula is C43H49FN6O10S. The zero-order valence-electron chi connectivity index (χ0n) is 34.4. The number of fused-ring (bicyclic) bond motifs is 5. The highest BCUT2D eigenvalue weighted by Gasteiger charge is 2.62. The van der Waals surface area contributed by atoms with E-state index in [9.17, 15) is 32.0 Å². The Bertz CT molecular complexity index is 2530. The standard InChI is InChI=1S/C43H49FN6O10S/c1-42(2,3)60-41(54)45-30-14-9-7-5-6-8-12-24-22-43(24,40(53)49-61(55,56)27-17-18-27)48-37(51)31-21-26(23-50(31)39(30)52)58-38-35-34(29-20-25(44)16-19-33(29)59-35)46-36(47-38)28-13-10-11-15-32(28)57-4/h8,10-13,15-16,19-20,24,26-27,30-31H,5-7,9,14,17-18,21-23H2,1-4H3,(H,45,54)(H,48,51)(H,49,53)/t24-,26-,30+,31+,43-/m1/s1. The first-order chi connectivity index (χ1) is 29.0. The molecule has 2 aromatic carbocycles. The number of benzene rings is 2. The summed E-state index contributed by atoms with van der Waals surface area (Å²) in [5, 5.41) is 5.28. The van der Waals surface area contributed by atoms with Crippen LogP contribution in [0, 0.1) is 11.7 Å². The van der Waals surface area contributed by atoms with Gasteiger partial charge in [-0.25, -0.2) is 22.6 Å². The van der Waals surface area contributed by atoms with Crippen LogP contribution in [0.2, 0.25) is 0 Å². The number of nitrogens with one attached hydrogen (secondary N) is 3. The maximum atomic E-state index is 14.7. The summed E-state index contributed by atoms with van der Waals surface area (Å²) in [5.41, 5.74) is -1.26. The third-order valence-electron chi connectivity index (χ3n) is 11.4. The Morgan fingerprint density at radius 2 is 1.84 bits per heavy atom. The lowest BCUT2D eigenvalue weighted by Crippen LogP contribution is -2.58. The van der Waals surface area contributed by atoms with Gasteiger partial charge in [0.05, 0.1) is 24.5 Å². The Hall–Kier alpha value is -5.78. The van der Waals surface area contributed by atoms with Crippen LogP contribution < -0.4 is 24.8 Å². The Kier molecular flexibility index (Phi) is 11.2. The SMILES string of the molecule is COc1ccccc1-c1nc(O[C@@H]2C[C@H]3C(=O)N[C@]4(C(=O)NS(=O)(=O)C5CC5)C[C@H]4C=CCCCCC[C@H](NC(=O)OC(C)(C)C)C(=O)N3C2)c2oc3ccc(F)cc3c2n1. The molecule has 2 aliphatic carbocycles. The Morgan fingerprint density at radius 3 is 2.59 bits per heavy atom. The monoisotopic (exact) mass is 860 g/mol. The second kappa shape index (κ2) is 16.2. The van der Waals surface area contributed by atoms with Gasteiger partial charge in [-0.3, -0.25) is 19.1 Å². The van der Waals surface area contributed by atoms with Crippen LogP contribution in [0.1, 0.15) is 78.6 Å². The summed E-state index contributed by atoms with van der Waals surface area (Å²) >= 11 is 0. The average Bonchev–Trinajstić information content (AvgIpc) is 4.11. The molecule has 1 saturated heterocycles. The average molecular weight is 861 g/mol. The maximum Gasteiger partial charge on any atom is 0.408 e. The molecular weight excluding hydrogens is 812 g/mol. The number of halogens is 1. The number of hydrogen-bond acceptors (Lipinski definition) is 12. The molecule has 5 atom stereocenters. The molecule has 0 bridgehead atoms. The molecule has 8 rings (SSSR count). The first kappa shape index (κ1) is 41.9. The van der Waals surface area contributed by atoms with Crippen molar-refractivity contribution in [1.29, 1.82) is 0 Å². The molecule has 0 radical (unpaired) electrons. The smallest absolute Gasteiger partial charge is 0.408 e. The van der Waals surface area contributed by atoms with Gasteiger partial charge in [-0.05, 0) is 89.6 Å². The van der Waals surface area contributed by atoms with E-state index in [0.29, 0.717) is 54.4 Å². The van der Waals surface area contributed by atoms with E-state index in [4.69, 9.17) is 28.6 Å². The second-order valence-corrected chi connectivity index (χ2v) is 19.1. The van der Waals surface area contributed by atoms with Gasteiger partial charge in [0.25, 0.3) is 11.8 Å². The van der Waals surface area contributed by atoms with E-state index in [1.807, 2.05) is 12.2 Å². The first-order valence-corrected chi connectivity index (χ1v) is 22.1. The topological polar surface area (TPSA) is 208 Å². The van der Waals surface area contributed by atoms with Crippen LogP contribution in [-0.2, 0) is 29.1 Å². The van der Waals surface area contributed by atoms with Crippen molar-refractivity contribution in [2.45, 2.75) is 113 Å². The van der Waals surface area contributed by atoms with Crippen LogP contribution in [0.5, 0.6) is 11.6 Å². The van der Waals surface area contributed by atoms with Crippen molar-refractivity contribution in [3.05, 3.63) is 60.4 Å². The van der Waals surface area contributed by atoms with Gasteiger partial charge in [0.15, 0.2) is 5.82 Å². The van der Waals surface area contributed by atoms with Crippen LogP contribution in [-0.4, -0.2) is 95.3 Å². The predicted octanol–water partition coefficient (Wildman–Crippen LogP) is 5.44. The fourth-order valence-corrected chi connectivity index (χ4v) is 9.44. The van der Waals surface area contributed by atoms with E-state index in [2.05, 4.69) is 15.4 Å². The number of nitrogens with zero attached hydrogens (tertiary/aromatic N) is 3. The van der Waals surface area contributed by atoms with Crippen molar-refractivity contribution in [2.24, 2.45) is 5.92 Å². The van der Waals surface area contributed by atoms with Crippen molar-refractivity contribution < 1.29 is 50.6 Å². The number of carbonyl (C=O) groups excluding carboxylic acids is 4. The lowest BCUT2D eigenvalue weighted by atomic mass is 10.0. The van der Waals surface area contributed by atoms with Gasteiger partial charge in [0, 0.05) is 17.7 Å². The van der Waals surface area contributed by atoms with E-state index in [1.165, 1.54) is 30.2 Å². The van der Waals surface area contributed by atoms with E-state index < -0.39 is 80.2 Å². The van der Waals surface area contributed by atoms with Crippen LogP contribution in [0.3, 0.4) is 0 Å². The van der Waals surface area contributed by atoms with E-state index >= 15 is 0 Å². The van der Waals surface area contributed by atoms with Crippen molar-refractivity contribution >= 4 is 55.9 Å². The number of methoxy groups -OCH3 is 1. The first-order valence-electron chi connectivity index (χ1n) is 20.6. The number of ether oxygens (including phenoxy) is 3. The largest absolute Gasteiger partial charge is 0.496 e. The van der Waals surface area contributed by atoms with Gasteiger partial charge in [-0.15, -0.1) is 0 Å². The lowest BCUT2D eigenvalue weighted by molar-refractivity contribution is -0.141. The van der Waals surface area contributed by atoms with Gasteiger partial charge in [-0.1, -0.05) is 37.1 Å². The molecule has 16 nitrogen and oxygen atoms in total. The number of hydrogen-bond donors (Lipinski definition) is 3. The number of allylic oxidation sites excluding steroid dienone is 1. The van der Waals surface area contributed by atoms with Gasteiger partial charge in [0.1, 0.15) is 52.0 Å². The number of rotatable bonds is 8. The van der Waals surface area contributed by atoms with Crippen LogP contribution in [0.25, 0.3) is 33.5 Å². The van der Waals surface area contributed by atoms with E-state index in [0.717, 1.165) is 6.42 Å². The minimum atomic E-state index is -3.95. The third kappa shape index (κ3) is 8.85. The van der Waals surface area contributed by atoms with Crippen molar-refractivity contribution in [1.82, 2.24) is 30.2 Å². The Labute approximate surface area is 352 Å². The minimum Gasteiger partial charge on any atom is -0.496 e. The van der Waals surface area contributed by atoms with Gasteiger partial charge >= 0.3 is 6.09 Å². The highest BCUT2D eigenvalue weighted by atomic mass is 32.2. The summed E-state index contributed by atoms with van der Waals surface area (Å²) < 4.78 is 66.5. The summed E-state index contributed by atoms with van der Waals surface area (Å²) in [6, 6.07) is 8.73. The normalized spacial score (nSPS) is 24.8. The highest BCUT2D eigenvalue weighted by Crippen LogP contribution is 2.46. The van der Waals surface area contributed by atoms with Gasteiger partial charge < -0.3 is 34.2 Å². The van der Waals surface area contributed by atoms with Crippen molar-refractivity contribution in [2.75, 3.05) is 13.7 Å². The van der Waals surface area contributed by atoms with Gasteiger partial charge in [-0.2, -0.15) is 4.98 Å². The molecule has 324 valence electrons. The van der Waals surface area contributed by atoms with E-state index in [-0.39, 0.29) is 48.6 Å². The summed E-state index contributed by atoms with van der Waals surface area (Å²) in [6.45, 7) is 4.95. The fourth-order valence-electron chi connectivity index (χ4n) is 8.08. The van der Waals surface area contributed by atoms with Crippen molar-refractivity contribution in [3.63, 3.8) is 0 Å². The number of para-hydroxylation sites is 1. The maximum absolute atomic E-state index is 14.7. The number of amides is 4. The molecule has 2 aromatic heterocycles. The minimum absolute atomic E-state index is 0.0416. The predicted molar refractivity (Wildman–Crippen MR) is 220 cm³/mol. The molecule has 4 amide bonds. The number of aromatic nitrogens is 2. The molecule has 2 saturated carbocycles. The molecule has 4 heterocycles. The van der Waals surface area contributed by atoms with Crippen LogP contribution in [0.4, 0.5) is 9.18 Å². The second-order valence-electron chi connectivity index (χ2n) is 17.2. The summed E-state index contributed by atoms with van der Waals surface area (Å²) in [5.74, 6) is -2.53. The van der Waals surface area contributed by atoms with Crippen LogP contribution in [0.15, 0.2) is 59.0 Å². The summed E-state index contributed by atoms with van der Waals surface area (Å²) in [6.07, 6.45) is 5.90. The van der Waals surface area contributed by atoms with E-state index in [1.54, 1.807) is 45.0 Å². The summed E-state index contributed by atoms with van der Waals surface area (Å²) in [7, 11) is -2.45. The van der Waals surface area contributed by atoms with Crippen LogP contribution >= 0.6 is 0 Å². The van der Waals surface area contributed by atoms with Gasteiger partial charge in [0.2, 0.25) is 27.4 Å². The third-order valence-corrected chi connectivity index (χ3v) is 13.2. The molecule has 0 spiro atoms. The zero-order chi connectivity index (χ0) is 43.3. The molecule has 61 heavy (non-hydrogen) atoms. The lowest BCUT2D eigenvalue weighted by Gasteiger charge is -2.30. The highest BCUT2D eigenvalue weighted by molar-refractivity contribution is 7.91. The Morgan fingerprint density at radius 1 is 1.05 bits per heavy atom. The quantitative estimate of drug-likeness (QED) is 0.190. The number of carbonyl (C=O) groups is 4. The molecule has 3 N–H and O–H groups in total. The molecule has 18 heteroatoms. The number of sulfonamides is 1. The molecule has 2 aliphatic heterocycles. The zero-order valence-corrected chi connectivity index (χ0v) is 35.2. The number of furan rings is 1. The molecule has 0 unspecified atom stereocenters. The molecule has 3 fully saturated rings. The molecule has 4 aromatic rings. The Balaban J connectivity index is 1.16. The van der Waals surface area contributed by atoms with Crippen molar-refractivity contribution in [3.8, 4) is 23.0 Å². The summed E-state index contributed by atoms with van der Waals surface area (Å²) in [4.78, 5) is 67.1.